The summed E-state index contributed by atoms with van der Waals surface area (Å²) in [6, 6.07) is 9.07. The van der Waals surface area contributed by atoms with Crippen LogP contribution in [0.25, 0.3) is 11.0 Å². The minimum atomic E-state index is -0.356. The van der Waals surface area contributed by atoms with Gasteiger partial charge in [-0.15, -0.1) is 0 Å². The molecule has 1 saturated heterocycles. The van der Waals surface area contributed by atoms with Crippen LogP contribution in [-0.2, 0) is 11.3 Å². The molecule has 0 saturated carbocycles. The summed E-state index contributed by atoms with van der Waals surface area (Å²) in [5.41, 5.74) is 3.38. The number of hydrogen-bond donors (Lipinski definition) is 0. The molecular formula is C25H26N2O5. The molecule has 2 aliphatic heterocycles. The molecule has 0 radical (unpaired) electrons. The zero-order valence-electron chi connectivity index (χ0n) is 18.5. The Labute approximate surface area is 185 Å². The zero-order valence-corrected chi connectivity index (χ0v) is 18.5. The molecule has 32 heavy (non-hydrogen) atoms. The number of likely N-dealkylation sites (tertiary alicyclic amines) is 1. The molecule has 2 atom stereocenters. The fourth-order valence-corrected chi connectivity index (χ4v) is 5.11. The van der Waals surface area contributed by atoms with Crippen molar-refractivity contribution in [3.63, 3.8) is 0 Å². The molecule has 7 heteroatoms. The number of amides is 1. The number of nitrogens with zero attached hydrogens (tertiary/aromatic N) is 2. The van der Waals surface area contributed by atoms with Crippen molar-refractivity contribution in [1.82, 2.24) is 9.47 Å². The molecule has 2 aliphatic rings. The Morgan fingerprint density at radius 3 is 2.66 bits per heavy atom. The quantitative estimate of drug-likeness (QED) is 0.592. The third-order valence-electron chi connectivity index (χ3n) is 7.01. The smallest absolute Gasteiger partial charge is 0.339 e. The Hall–Kier alpha value is -3.35. The summed E-state index contributed by atoms with van der Waals surface area (Å²) >= 11 is 0. The lowest BCUT2D eigenvalue weighted by atomic mass is 9.83. The number of rotatable bonds is 3. The molecule has 1 amide bonds. The van der Waals surface area contributed by atoms with Crippen molar-refractivity contribution in [2.24, 2.45) is 5.92 Å². The molecule has 5 rings (SSSR count). The van der Waals surface area contributed by atoms with Gasteiger partial charge in [0, 0.05) is 53.8 Å². The first-order valence-electron chi connectivity index (χ1n) is 11.0. The predicted molar refractivity (Wildman–Crippen MR) is 120 cm³/mol. The summed E-state index contributed by atoms with van der Waals surface area (Å²) in [6.07, 6.45) is 0.996. The summed E-state index contributed by atoms with van der Waals surface area (Å²) < 4.78 is 13.2. The SMILES string of the molecule is Cc1c(C)c2ccc(OCC(=O)N3C[C@@H]4C[C@H](C3)c3cccc(=O)n3C4)c(C)c2oc1=O. The van der Waals surface area contributed by atoms with Crippen LogP contribution in [0.2, 0.25) is 0 Å². The van der Waals surface area contributed by atoms with Crippen LogP contribution in [0.4, 0.5) is 0 Å². The zero-order chi connectivity index (χ0) is 22.6. The van der Waals surface area contributed by atoms with Gasteiger partial charge in [0.15, 0.2) is 6.61 Å². The van der Waals surface area contributed by atoms with Gasteiger partial charge in [0.25, 0.3) is 11.5 Å². The predicted octanol–water partition coefficient (Wildman–Crippen LogP) is 2.90. The number of carbonyl (C=O) groups is 1. The third-order valence-corrected chi connectivity index (χ3v) is 7.01. The van der Waals surface area contributed by atoms with Crippen molar-refractivity contribution in [3.05, 3.63) is 73.5 Å². The third kappa shape index (κ3) is 3.32. The average molecular weight is 434 g/mol. The number of benzene rings is 1. The first kappa shape index (κ1) is 20.5. The van der Waals surface area contributed by atoms with Crippen molar-refractivity contribution >= 4 is 16.9 Å². The van der Waals surface area contributed by atoms with Crippen molar-refractivity contribution in [1.29, 1.82) is 0 Å². The van der Waals surface area contributed by atoms with Crippen molar-refractivity contribution in [3.8, 4) is 5.75 Å². The number of aromatic nitrogens is 1. The van der Waals surface area contributed by atoms with Gasteiger partial charge < -0.3 is 18.6 Å². The number of aryl methyl sites for hydroxylation is 2. The summed E-state index contributed by atoms with van der Waals surface area (Å²) in [6.45, 7) is 7.27. The van der Waals surface area contributed by atoms with E-state index in [2.05, 4.69) is 0 Å². The van der Waals surface area contributed by atoms with Crippen LogP contribution in [0.15, 0.2) is 44.3 Å². The highest BCUT2D eigenvalue weighted by Gasteiger charge is 2.36. The minimum absolute atomic E-state index is 0.0316. The first-order chi connectivity index (χ1) is 15.3. The highest BCUT2D eigenvalue weighted by Crippen LogP contribution is 2.35. The molecule has 1 aromatic carbocycles. The van der Waals surface area contributed by atoms with Gasteiger partial charge in [-0.3, -0.25) is 9.59 Å². The van der Waals surface area contributed by atoms with Crippen LogP contribution >= 0.6 is 0 Å². The highest BCUT2D eigenvalue weighted by molar-refractivity contribution is 5.86. The summed E-state index contributed by atoms with van der Waals surface area (Å²) in [4.78, 5) is 39.1. The topological polar surface area (TPSA) is 81.8 Å². The van der Waals surface area contributed by atoms with Gasteiger partial charge in [-0.2, -0.15) is 0 Å². The molecular weight excluding hydrogens is 408 g/mol. The Morgan fingerprint density at radius 2 is 1.84 bits per heavy atom. The molecule has 0 N–H and O–H groups in total. The van der Waals surface area contributed by atoms with Gasteiger partial charge in [-0.25, -0.2) is 4.79 Å². The van der Waals surface area contributed by atoms with Crippen LogP contribution < -0.4 is 15.9 Å². The van der Waals surface area contributed by atoms with Crippen LogP contribution in [0, 0.1) is 26.7 Å². The lowest BCUT2D eigenvalue weighted by Gasteiger charge is -2.42. The second-order valence-electron chi connectivity index (χ2n) is 8.99. The van der Waals surface area contributed by atoms with E-state index in [1.54, 1.807) is 19.1 Å². The molecule has 166 valence electrons. The van der Waals surface area contributed by atoms with E-state index in [-0.39, 0.29) is 35.5 Å². The molecule has 0 spiro atoms. The number of pyridine rings is 1. The van der Waals surface area contributed by atoms with Crippen molar-refractivity contribution in [2.45, 2.75) is 39.7 Å². The molecule has 0 unspecified atom stereocenters. The monoisotopic (exact) mass is 434 g/mol. The van der Waals surface area contributed by atoms with Gasteiger partial charge in [-0.05, 0) is 56.9 Å². The average Bonchev–Trinajstić information content (AvgIpc) is 2.78. The van der Waals surface area contributed by atoms with E-state index >= 15 is 0 Å². The first-order valence-corrected chi connectivity index (χ1v) is 11.0. The number of hydrogen-bond acceptors (Lipinski definition) is 5. The lowest BCUT2D eigenvalue weighted by molar-refractivity contribution is -0.136. The van der Waals surface area contributed by atoms with E-state index in [0.29, 0.717) is 42.1 Å². The Morgan fingerprint density at radius 1 is 1.03 bits per heavy atom. The van der Waals surface area contributed by atoms with Gasteiger partial charge >= 0.3 is 5.63 Å². The maximum atomic E-state index is 13.0. The van der Waals surface area contributed by atoms with Gasteiger partial charge in [0.2, 0.25) is 0 Å². The van der Waals surface area contributed by atoms with Crippen LogP contribution in [0.3, 0.4) is 0 Å². The number of piperidine rings is 1. The Kier molecular flexibility index (Phi) is 4.92. The lowest BCUT2D eigenvalue weighted by Crippen LogP contribution is -2.50. The summed E-state index contributed by atoms with van der Waals surface area (Å²) in [7, 11) is 0. The van der Waals surface area contributed by atoms with Gasteiger partial charge in [-0.1, -0.05) is 6.07 Å². The van der Waals surface area contributed by atoms with E-state index in [1.165, 1.54) is 0 Å². The van der Waals surface area contributed by atoms with Crippen LogP contribution in [0.1, 0.15) is 34.7 Å². The minimum Gasteiger partial charge on any atom is -0.483 e. The molecule has 1 fully saturated rings. The number of fused-ring (bicyclic) bond motifs is 5. The second-order valence-corrected chi connectivity index (χ2v) is 8.99. The molecule has 7 nitrogen and oxygen atoms in total. The normalized spacial score (nSPS) is 19.7. The van der Waals surface area contributed by atoms with Gasteiger partial charge in [0.05, 0.1) is 0 Å². The van der Waals surface area contributed by atoms with E-state index in [4.69, 9.17) is 9.15 Å². The maximum absolute atomic E-state index is 13.0. The fourth-order valence-electron chi connectivity index (χ4n) is 5.11. The van der Waals surface area contributed by atoms with Gasteiger partial charge in [0.1, 0.15) is 11.3 Å². The second kappa shape index (κ2) is 7.65. The van der Waals surface area contributed by atoms with E-state index in [0.717, 1.165) is 23.1 Å². The van der Waals surface area contributed by atoms with Crippen LogP contribution in [0.5, 0.6) is 5.75 Å². The van der Waals surface area contributed by atoms with Crippen LogP contribution in [-0.4, -0.2) is 35.1 Å². The van der Waals surface area contributed by atoms with Crippen molar-refractivity contribution < 1.29 is 13.9 Å². The summed E-state index contributed by atoms with van der Waals surface area (Å²) in [5.74, 6) is 0.898. The highest BCUT2D eigenvalue weighted by atomic mass is 16.5. The molecule has 2 aromatic heterocycles. The van der Waals surface area contributed by atoms with E-state index < -0.39 is 0 Å². The Balaban J connectivity index is 1.33. The standard InChI is InChI=1S/C25H26N2O5/c1-14-15(2)25(30)32-24-16(3)21(8-7-19(14)24)31-13-23(29)26-10-17-9-18(12-26)20-5-4-6-22(28)27(20)11-17/h4-8,17-18H,9-13H2,1-3H3/t17-,18+/m0/s1. The molecule has 3 aromatic rings. The van der Waals surface area contributed by atoms with E-state index in [9.17, 15) is 14.4 Å². The molecule has 4 heterocycles. The fraction of sp³-hybridized carbons (Fsp3) is 0.400. The van der Waals surface area contributed by atoms with Crippen molar-refractivity contribution in [2.75, 3.05) is 19.7 Å². The summed E-state index contributed by atoms with van der Waals surface area (Å²) in [5, 5.41) is 0.871. The maximum Gasteiger partial charge on any atom is 0.339 e. The largest absolute Gasteiger partial charge is 0.483 e. The van der Waals surface area contributed by atoms with E-state index in [1.807, 2.05) is 41.5 Å². The number of carbonyl (C=O) groups excluding carboxylic acids is 1. The Bertz CT molecular complexity index is 1350. The molecule has 0 aliphatic carbocycles. The molecule has 2 bridgehead atoms. The number of ether oxygens (including phenoxy) is 1.